The molecule has 4 rings (SSSR count). The number of amides is 1. The number of allylic oxidation sites excluding steroid dienone is 2. The third-order valence-electron chi connectivity index (χ3n) is 5.92. The average molecular weight is 421 g/mol. The first-order valence-corrected chi connectivity index (χ1v) is 10.3. The van der Waals surface area contributed by atoms with Crippen molar-refractivity contribution in [3.8, 4) is 11.8 Å². The van der Waals surface area contributed by atoms with Gasteiger partial charge >= 0.3 is 0 Å². The number of pyridine rings is 1. The number of carbonyl (C=O) groups is 1. The maximum atomic E-state index is 11.4. The van der Waals surface area contributed by atoms with Crippen molar-refractivity contribution in [3.05, 3.63) is 47.9 Å². The van der Waals surface area contributed by atoms with Gasteiger partial charge in [0.1, 0.15) is 22.9 Å². The molecule has 0 aliphatic carbocycles. The fourth-order valence-corrected chi connectivity index (χ4v) is 4.48. The average Bonchev–Trinajstić information content (AvgIpc) is 3.30. The fourth-order valence-electron chi connectivity index (χ4n) is 4.48. The first kappa shape index (κ1) is 22.1. The van der Waals surface area contributed by atoms with Crippen LogP contribution in [0.5, 0.6) is 5.75 Å². The van der Waals surface area contributed by atoms with Gasteiger partial charge in [-0.3, -0.25) is 4.79 Å². The number of carbonyl (C=O) groups excluding carboxylic acids is 1. The summed E-state index contributed by atoms with van der Waals surface area (Å²) in [5, 5.41) is 20.6. The molecule has 8 heteroatoms. The number of piperidine rings is 1. The minimum Gasteiger partial charge on any atom is -0.494 e. The van der Waals surface area contributed by atoms with E-state index in [1.807, 2.05) is 0 Å². The summed E-state index contributed by atoms with van der Waals surface area (Å²) in [4.78, 5) is 13.5. The second-order valence-corrected chi connectivity index (χ2v) is 7.77. The highest BCUT2D eigenvalue weighted by Gasteiger charge is 2.38. The molecule has 2 saturated heterocycles. The molecule has 2 atom stereocenters. The molecule has 2 aliphatic heterocycles. The summed E-state index contributed by atoms with van der Waals surface area (Å²) in [5.41, 5.74) is 8.63. The molecule has 162 valence electrons. The number of nitrogens with one attached hydrogen (secondary N) is 1. The van der Waals surface area contributed by atoms with Gasteiger partial charge in [-0.2, -0.15) is 10.4 Å². The molecular formula is C23H28N6O2. The maximum Gasteiger partial charge on any atom is 0.246 e. The Morgan fingerprint density at radius 3 is 2.58 bits per heavy atom. The third kappa shape index (κ3) is 4.31. The summed E-state index contributed by atoms with van der Waals surface area (Å²) >= 11 is 0. The van der Waals surface area contributed by atoms with Gasteiger partial charge in [0.15, 0.2) is 0 Å². The lowest BCUT2D eigenvalue weighted by Crippen LogP contribution is -2.43. The van der Waals surface area contributed by atoms with Gasteiger partial charge < -0.3 is 20.8 Å². The molecule has 3 N–H and O–H groups in total. The number of methoxy groups -OCH3 is 1. The Labute approximate surface area is 182 Å². The largest absolute Gasteiger partial charge is 0.494 e. The van der Waals surface area contributed by atoms with E-state index in [0.29, 0.717) is 45.7 Å². The van der Waals surface area contributed by atoms with E-state index in [2.05, 4.69) is 22.6 Å². The van der Waals surface area contributed by atoms with Gasteiger partial charge in [0.2, 0.25) is 5.91 Å². The molecule has 8 nitrogen and oxygen atoms in total. The zero-order valence-corrected chi connectivity index (χ0v) is 18.0. The molecule has 2 bridgehead atoms. The number of nitriles is 1. The highest BCUT2D eigenvalue weighted by Crippen LogP contribution is 2.35. The van der Waals surface area contributed by atoms with Crippen molar-refractivity contribution in [3.63, 3.8) is 0 Å². The Morgan fingerprint density at radius 1 is 1.39 bits per heavy atom. The van der Waals surface area contributed by atoms with Gasteiger partial charge in [-0.1, -0.05) is 6.58 Å². The standard InChI is InChI=1S/C13H13N5O.C10H15NO/c1-8(16)11(5-15)9-3-12(19-2)13-10(4-14)6-17-18(13)7-9;1-2-10(12)11-8-4-3-5-9(11)7-6-8/h3,5-7,15H,16H2,1-2H3;2,8-9H,1,3-7H2/b11-8+,15-5?;. The normalized spacial score (nSPS) is 20.2. The Morgan fingerprint density at radius 2 is 2.06 bits per heavy atom. The van der Waals surface area contributed by atoms with Crippen LogP contribution in [0.25, 0.3) is 11.1 Å². The Bertz CT molecular complexity index is 1060. The SMILES string of the molecule is C=CC(=O)N1C2CCCC1CC2.COc1cc(/C(C=N)=C(\C)N)cn2ncc(C#N)c12. The summed E-state index contributed by atoms with van der Waals surface area (Å²) in [5.74, 6) is 0.661. The molecule has 2 aromatic heterocycles. The highest BCUT2D eigenvalue weighted by molar-refractivity contribution is 6.09. The van der Waals surface area contributed by atoms with E-state index in [0.717, 1.165) is 0 Å². The van der Waals surface area contributed by atoms with Crippen LogP contribution < -0.4 is 10.5 Å². The fraction of sp³-hybridized carbons (Fsp3) is 0.391. The second-order valence-electron chi connectivity index (χ2n) is 7.77. The van der Waals surface area contributed by atoms with Gasteiger partial charge in [0.05, 0.1) is 13.3 Å². The lowest BCUT2D eigenvalue weighted by atomic mass is 10.0. The lowest BCUT2D eigenvalue weighted by Gasteiger charge is -2.33. The number of fused-ring (bicyclic) bond motifs is 3. The number of hydrogen-bond donors (Lipinski definition) is 2. The van der Waals surface area contributed by atoms with Crippen LogP contribution >= 0.6 is 0 Å². The summed E-state index contributed by atoms with van der Waals surface area (Å²) in [6, 6.07) is 4.88. The van der Waals surface area contributed by atoms with Crippen LogP contribution in [0.4, 0.5) is 0 Å². The van der Waals surface area contributed by atoms with Crippen molar-refractivity contribution >= 4 is 23.2 Å². The minimum absolute atomic E-state index is 0.141. The molecule has 2 fully saturated rings. The van der Waals surface area contributed by atoms with Crippen molar-refractivity contribution in [1.82, 2.24) is 14.5 Å². The van der Waals surface area contributed by atoms with Crippen LogP contribution in [0, 0.1) is 16.7 Å². The van der Waals surface area contributed by atoms with Gasteiger partial charge in [-0.15, -0.1) is 0 Å². The molecule has 31 heavy (non-hydrogen) atoms. The van der Waals surface area contributed by atoms with Gasteiger partial charge in [0.25, 0.3) is 0 Å². The Balaban J connectivity index is 0.000000194. The van der Waals surface area contributed by atoms with Gasteiger partial charge in [-0.05, 0) is 51.2 Å². The molecule has 1 amide bonds. The molecule has 2 aliphatic rings. The van der Waals surface area contributed by atoms with Gasteiger partial charge in [0, 0.05) is 41.3 Å². The monoisotopic (exact) mass is 420 g/mol. The first-order valence-electron chi connectivity index (χ1n) is 10.3. The van der Waals surface area contributed by atoms with E-state index in [1.165, 1.54) is 57.7 Å². The topological polar surface area (TPSA) is 120 Å². The summed E-state index contributed by atoms with van der Waals surface area (Å²) in [7, 11) is 1.52. The molecule has 0 spiro atoms. The van der Waals surface area contributed by atoms with E-state index >= 15 is 0 Å². The van der Waals surface area contributed by atoms with Crippen molar-refractivity contribution in [2.45, 2.75) is 51.1 Å². The van der Waals surface area contributed by atoms with E-state index in [1.54, 1.807) is 23.7 Å². The third-order valence-corrected chi connectivity index (χ3v) is 5.92. The summed E-state index contributed by atoms with van der Waals surface area (Å²) in [6.45, 7) is 5.26. The molecule has 4 heterocycles. The number of nitrogens with two attached hydrogens (primary N) is 1. The van der Waals surface area contributed by atoms with Crippen molar-refractivity contribution in [2.75, 3.05) is 7.11 Å². The van der Waals surface area contributed by atoms with Crippen LogP contribution in [0.1, 0.15) is 50.2 Å². The Kier molecular flexibility index (Phi) is 6.75. The first-order chi connectivity index (χ1) is 14.9. The quantitative estimate of drug-likeness (QED) is 0.581. The molecule has 0 radical (unpaired) electrons. The predicted octanol–water partition coefficient (Wildman–Crippen LogP) is 3.27. The van der Waals surface area contributed by atoms with E-state index in [4.69, 9.17) is 21.1 Å². The molecule has 0 aromatic carbocycles. The van der Waals surface area contributed by atoms with E-state index in [9.17, 15) is 4.79 Å². The van der Waals surface area contributed by atoms with Crippen LogP contribution in [-0.2, 0) is 4.79 Å². The molecule has 2 unspecified atom stereocenters. The number of aromatic nitrogens is 2. The number of ether oxygens (including phenoxy) is 1. The second kappa shape index (κ2) is 9.47. The smallest absolute Gasteiger partial charge is 0.246 e. The van der Waals surface area contributed by atoms with Crippen LogP contribution in [0.15, 0.2) is 36.8 Å². The zero-order chi connectivity index (χ0) is 22.5. The van der Waals surface area contributed by atoms with E-state index in [-0.39, 0.29) is 5.91 Å². The van der Waals surface area contributed by atoms with Crippen molar-refractivity contribution in [2.24, 2.45) is 5.73 Å². The number of nitrogens with zero attached hydrogens (tertiary/aromatic N) is 4. The van der Waals surface area contributed by atoms with Crippen LogP contribution in [-0.4, -0.2) is 45.8 Å². The minimum atomic E-state index is 0.141. The summed E-state index contributed by atoms with van der Waals surface area (Å²) in [6.07, 6.45) is 12.0. The number of hydrogen-bond acceptors (Lipinski definition) is 6. The molecular weight excluding hydrogens is 392 g/mol. The molecule has 2 aromatic rings. The van der Waals surface area contributed by atoms with Crippen molar-refractivity contribution in [1.29, 1.82) is 10.7 Å². The number of rotatable bonds is 4. The van der Waals surface area contributed by atoms with Crippen LogP contribution in [0.2, 0.25) is 0 Å². The van der Waals surface area contributed by atoms with Crippen LogP contribution in [0.3, 0.4) is 0 Å². The van der Waals surface area contributed by atoms with E-state index < -0.39 is 0 Å². The van der Waals surface area contributed by atoms with Gasteiger partial charge in [-0.25, -0.2) is 4.52 Å². The highest BCUT2D eigenvalue weighted by atomic mass is 16.5. The maximum absolute atomic E-state index is 11.4. The predicted molar refractivity (Wildman–Crippen MR) is 120 cm³/mol. The zero-order valence-electron chi connectivity index (χ0n) is 18.0. The van der Waals surface area contributed by atoms with Crippen molar-refractivity contribution < 1.29 is 9.53 Å². The Hall–Kier alpha value is -3.60. The summed E-state index contributed by atoms with van der Waals surface area (Å²) < 4.78 is 6.85. The lowest BCUT2D eigenvalue weighted by molar-refractivity contribution is -0.130. The molecule has 0 saturated carbocycles.